The fraction of sp³-hybridized carbons (Fsp3) is 0.200. The Morgan fingerprint density at radius 3 is 2.57 bits per heavy atom. The summed E-state index contributed by atoms with van der Waals surface area (Å²) in [6.07, 6.45) is 2.55. The van der Waals surface area contributed by atoms with Crippen molar-refractivity contribution in [2.45, 2.75) is 18.9 Å². The molecule has 1 unspecified atom stereocenters. The Bertz CT molecular complexity index is 625. The van der Waals surface area contributed by atoms with Gasteiger partial charge in [0, 0.05) is 10.7 Å². The second kappa shape index (κ2) is 7.08. The highest BCUT2D eigenvalue weighted by molar-refractivity contribution is 9.10. The number of H-pyrrole nitrogens is 1. The smallest absolute Gasteiger partial charge is 0.326 e. The molecule has 1 atom stereocenters. The average Bonchev–Trinajstić information content (AvgIpc) is 2.90. The number of aliphatic carboxylic acids is 1. The maximum atomic E-state index is 12.0. The lowest BCUT2D eigenvalue weighted by molar-refractivity contribution is -0.139. The second-order valence-corrected chi connectivity index (χ2v) is 5.54. The van der Waals surface area contributed by atoms with Crippen molar-refractivity contribution in [3.8, 4) is 0 Å². The van der Waals surface area contributed by atoms with Crippen molar-refractivity contribution in [2.24, 2.45) is 0 Å². The van der Waals surface area contributed by atoms with Gasteiger partial charge in [0.2, 0.25) is 0 Å². The normalized spacial score (nSPS) is 11.9. The number of benzene rings is 1. The number of aryl methyl sites for hydroxylation is 1. The van der Waals surface area contributed by atoms with E-state index < -0.39 is 17.9 Å². The summed E-state index contributed by atoms with van der Waals surface area (Å²) in [5.74, 6) is -1.47. The highest BCUT2D eigenvalue weighted by atomic mass is 79.9. The van der Waals surface area contributed by atoms with E-state index in [0.29, 0.717) is 18.5 Å². The predicted molar refractivity (Wildman–Crippen MR) is 82.1 cm³/mol. The molecule has 5 nitrogen and oxygen atoms in total. The number of aromatic amines is 1. The van der Waals surface area contributed by atoms with Crippen molar-refractivity contribution < 1.29 is 14.7 Å². The Morgan fingerprint density at radius 2 is 2.00 bits per heavy atom. The number of hydrogen-bond donors (Lipinski definition) is 3. The Labute approximate surface area is 130 Å². The maximum Gasteiger partial charge on any atom is 0.326 e. The summed E-state index contributed by atoms with van der Waals surface area (Å²) in [7, 11) is 0. The van der Waals surface area contributed by atoms with E-state index in [-0.39, 0.29) is 0 Å². The van der Waals surface area contributed by atoms with Crippen molar-refractivity contribution in [1.82, 2.24) is 10.3 Å². The number of rotatable bonds is 6. The number of carboxylic acid groups (broad SMARTS) is 1. The highest BCUT2D eigenvalue weighted by Gasteiger charge is 2.21. The molecule has 0 saturated carbocycles. The van der Waals surface area contributed by atoms with Gasteiger partial charge in [-0.3, -0.25) is 4.79 Å². The van der Waals surface area contributed by atoms with Gasteiger partial charge in [0.05, 0.1) is 0 Å². The van der Waals surface area contributed by atoms with Crippen LogP contribution in [0, 0.1) is 0 Å². The molecule has 0 fully saturated rings. The van der Waals surface area contributed by atoms with Gasteiger partial charge in [-0.05, 0) is 40.4 Å². The molecule has 0 spiro atoms. The number of nitrogens with one attached hydrogen (secondary N) is 2. The van der Waals surface area contributed by atoms with Gasteiger partial charge < -0.3 is 15.4 Å². The monoisotopic (exact) mass is 350 g/mol. The van der Waals surface area contributed by atoms with Crippen LogP contribution < -0.4 is 5.32 Å². The van der Waals surface area contributed by atoms with Gasteiger partial charge in [-0.25, -0.2) is 4.79 Å². The molecule has 21 heavy (non-hydrogen) atoms. The minimum absolute atomic E-state index is 0.327. The number of carbonyl (C=O) groups is 2. The molecule has 0 aliphatic carbocycles. The van der Waals surface area contributed by atoms with Crippen molar-refractivity contribution in [1.29, 1.82) is 0 Å². The Balaban J connectivity index is 1.96. The molecule has 0 aliphatic heterocycles. The number of carbonyl (C=O) groups excluding carboxylic acids is 1. The molecule has 0 bridgehead atoms. The molecule has 1 aromatic heterocycles. The molecule has 0 radical (unpaired) electrons. The third-order valence-electron chi connectivity index (χ3n) is 3.06. The van der Waals surface area contributed by atoms with E-state index in [4.69, 9.17) is 0 Å². The fourth-order valence-corrected chi connectivity index (χ4v) is 2.29. The molecule has 110 valence electrons. The standard InChI is InChI=1S/C15H15BrN2O3/c16-11-8-13(17-9-11)14(19)18-12(15(20)21)7-6-10-4-2-1-3-5-10/h1-5,8-9,12,17H,6-7H2,(H,18,19)(H,20,21). The lowest BCUT2D eigenvalue weighted by Crippen LogP contribution is -2.41. The van der Waals surface area contributed by atoms with Gasteiger partial charge in [-0.15, -0.1) is 0 Å². The summed E-state index contributed by atoms with van der Waals surface area (Å²) < 4.78 is 0.740. The zero-order chi connectivity index (χ0) is 15.2. The van der Waals surface area contributed by atoms with Crippen LogP contribution in [-0.4, -0.2) is 28.0 Å². The van der Waals surface area contributed by atoms with Crippen LogP contribution >= 0.6 is 15.9 Å². The maximum absolute atomic E-state index is 12.0. The van der Waals surface area contributed by atoms with Crippen LogP contribution in [0.1, 0.15) is 22.5 Å². The first kappa shape index (κ1) is 15.3. The largest absolute Gasteiger partial charge is 0.480 e. The summed E-state index contributed by atoms with van der Waals surface area (Å²) in [4.78, 5) is 26.0. The van der Waals surface area contributed by atoms with Crippen LogP contribution in [0.5, 0.6) is 0 Å². The quantitative estimate of drug-likeness (QED) is 0.748. The van der Waals surface area contributed by atoms with E-state index in [2.05, 4.69) is 26.2 Å². The van der Waals surface area contributed by atoms with Gasteiger partial charge >= 0.3 is 5.97 Å². The molecular formula is C15H15BrN2O3. The van der Waals surface area contributed by atoms with Gasteiger partial charge in [0.1, 0.15) is 11.7 Å². The first-order valence-electron chi connectivity index (χ1n) is 6.48. The molecule has 0 saturated heterocycles. The van der Waals surface area contributed by atoms with E-state index in [9.17, 15) is 14.7 Å². The van der Waals surface area contributed by atoms with Crippen LogP contribution in [0.3, 0.4) is 0 Å². The third-order valence-corrected chi connectivity index (χ3v) is 3.52. The van der Waals surface area contributed by atoms with Crippen molar-refractivity contribution in [2.75, 3.05) is 0 Å². The number of carboxylic acids is 1. The molecule has 1 aromatic carbocycles. The van der Waals surface area contributed by atoms with Crippen LogP contribution in [-0.2, 0) is 11.2 Å². The second-order valence-electron chi connectivity index (χ2n) is 4.62. The molecule has 2 aromatic rings. The van der Waals surface area contributed by atoms with Gasteiger partial charge in [-0.2, -0.15) is 0 Å². The number of halogens is 1. The zero-order valence-electron chi connectivity index (χ0n) is 11.2. The van der Waals surface area contributed by atoms with Gasteiger partial charge in [-0.1, -0.05) is 30.3 Å². The topological polar surface area (TPSA) is 82.2 Å². The predicted octanol–water partition coefficient (Wildman–Crippen LogP) is 2.59. The lowest BCUT2D eigenvalue weighted by Gasteiger charge is -2.14. The van der Waals surface area contributed by atoms with Crippen molar-refractivity contribution >= 4 is 27.8 Å². The first-order valence-corrected chi connectivity index (χ1v) is 7.27. The molecule has 0 aliphatic rings. The zero-order valence-corrected chi connectivity index (χ0v) is 12.8. The van der Waals surface area contributed by atoms with Gasteiger partial charge in [0.15, 0.2) is 0 Å². The van der Waals surface area contributed by atoms with E-state index in [0.717, 1.165) is 10.0 Å². The summed E-state index contributed by atoms with van der Waals surface area (Å²) >= 11 is 3.23. The van der Waals surface area contributed by atoms with E-state index in [1.165, 1.54) is 0 Å². The van der Waals surface area contributed by atoms with Crippen LogP contribution in [0.15, 0.2) is 47.1 Å². The van der Waals surface area contributed by atoms with Gasteiger partial charge in [0.25, 0.3) is 5.91 Å². The Morgan fingerprint density at radius 1 is 1.29 bits per heavy atom. The van der Waals surface area contributed by atoms with Crippen LogP contribution in [0.2, 0.25) is 0 Å². The van der Waals surface area contributed by atoms with Crippen LogP contribution in [0.4, 0.5) is 0 Å². The lowest BCUT2D eigenvalue weighted by atomic mass is 10.1. The molecule has 1 amide bonds. The SMILES string of the molecule is O=C(NC(CCc1ccccc1)C(=O)O)c1cc(Br)c[nH]1. The minimum Gasteiger partial charge on any atom is -0.480 e. The molecule has 1 heterocycles. The first-order chi connectivity index (χ1) is 10.1. The number of hydrogen-bond acceptors (Lipinski definition) is 2. The summed E-state index contributed by atoms with van der Waals surface area (Å²) in [5, 5.41) is 11.7. The third kappa shape index (κ3) is 4.46. The summed E-state index contributed by atoms with van der Waals surface area (Å²) in [5.41, 5.74) is 1.37. The molecule has 3 N–H and O–H groups in total. The molecular weight excluding hydrogens is 336 g/mol. The minimum atomic E-state index is -1.04. The Hall–Kier alpha value is -2.08. The van der Waals surface area contributed by atoms with Crippen molar-refractivity contribution in [3.63, 3.8) is 0 Å². The van der Waals surface area contributed by atoms with E-state index >= 15 is 0 Å². The average molecular weight is 351 g/mol. The number of amides is 1. The number of aromatic nitrogens is 1. The fourth-order valence-electron chi connectivity index (χ4n) is 1.95. The molecule has 6 heteroatoms. The highest BCUT2D eigenvalue weighted by Crippen LogP contribution is 2.11. The Kier molecular flexibility index (Phi) is 5.16. The van der Waals surface area contributed by atoms with E-state index in [1.807, 2.05) is 30.3 Å². The molecule has 2 rings (SSSR count). The van der Waals surface area contributed by atoms with Crippen LogP contribution in [0.25, 0.3) is 0 Å². The summed E-state index contributed by atoms with van der Waals surface area (Å²) in [6.45, 7) is 0. The van der Waals surface area contributed by atoms with Crippen molar-refractivity contribution in [3.05, 3.63) is 58.3 Å². The van der Waals surface area contributed by atoms with E-state index in [1.54, 1.807) is 12.3 Å². The summed E-state index contributed by atoms with van der Waals surface area (Å²) in [6, 6.07) is 10.3.